The minimum absolute atomic E-state index is 0.0523. The normalized spacial score (nSPS) is 17.9. The van der Waals surface area contributed by atoms with Crippen LogP contribution in [0.15, 0.2) is 91.0 Å². The number of phenols is 2. The van der Waals surface area contributed by atoms with Crippen molar-refractivity contribution in [2.45, 2.75) is 31.0 Å². The van der Waals surface area contributed by atoms with Gasteiger partial charge in [-0.15, -0.1) is 0 Å². The molecule has 0 spiro atoms. The average molecular weight is 517 g/mol. The molecule has 0 bridgehead atoms. The van der Waals surface area contributed by atoms with Crippen molar-refractivity contribution >= 4 is 11.7 Å². The molecule has 0 saturated carbocycles. The van der Waals surface area contributed by atoms with Gasteiger partial charge in [-0.25, -0.2) is 13.6 Å². The number of rotatable bonds is 7. The number of nitrogens with one attached hydrogen (secondary N) is 1. The Morgan fingerprint density at radius 1 is 0.842 bits per heavy atom. The van der Waals surface area contributed by atoms with Crippen LogP contribution in [0.25, 0.3) is 11.1 Å². The zero-order valence-electron chi connectivity index (χ0n) is 20.3. The van der Waals surface area contributed by atoms with Gasteiger partial charge in [0.2, 0.25) is 0 Å². The number of carbonyl (C=O) groups excluding carboxylic acids is 1. The van der Waals surface area contributed by atoms with Gasteiger partial charge in [-0.3, -0.25) is 4.90 Å². The summed E-state index contributed by atoms with van der Waals surface area (Å²) in [5.41, 5.74) is 2.86. The summed E-state index contributed by atoms with van der Waals surface area (Å²) in [5, 5.41) is 34.6. The summed E-state index contributed by atoms with van der Waals surface area (Å²) in [6.07, 6.45) is -0.262. The molecule has 0 radical (unpaired) electrons. The summed E-state index contributed by atoms with van der Waals surface area (Å²) >= 11 is 0. The number of phenolic OH excluding ortho intramolecular Hbond substituents is 2. The second kappa shape index (κ2) is 10.5. The molecule has 4 aromatic rings. The number of anilines is 1. The monoisotopic (exact) mass is 516 g/mol. The van der Waals surface area contributed by atoms with E-state index < -0.39 is 35.9 Å². The van der Waals surface area contributed by atoms with E-state index in [1.54, 1.807) is 42.5 Å². The Balaban J connectivity index is 1.47. The lowest BCUT2D eigenvalue weighted by molar-refractivity contribution is 0.159. The molecule has 4 aromatic carbocycles. The Morgan fingerprint density at radius 3 is 2.16 bits per heavy atom. The van der Waals surface area contributed by atoms with E-state index >= 15 is 0 Å². The third-order valence-corrected chi connectivity index (χ3v) is 6.83. The molecule has 1 aliphatic rings. The number of hydrogen-bond donors (Lipinski definition) is 4. The predicted molar refractivity (Wildman–Crippen MR) is 140 cm³/mol. The van der Waals surface area contributed by atoms with Crippen LogP contribution in [-0.4, -0.2) is 27.4 Å². The van der Waals surface area contributed by atoms with Crippen LogP contribution in [0, 0.1) is 11.6 Å². The topological polar surface area (TPSA) is 93.0 Å². The molecule has 194 valence electrons. The second-order valence-corrected chi connectivity index (χ2v) is 9.32. The van der Waals surface area contributed by atoms with Gasteiger partial charge in [0, 0.05) is 11.3 Å². The lowest BCUT2D eigenvalue weighted by Gasteiger charge is -2.28. The Hall–Kier alpha value is -4.43. The highest BCUT2D eigenvalue weighted by Crippen LogP contribution is 2.41. The van der Waals surface area contributed by atoms with E-state index in [1.807, 2.05) is 0 Å². The van der Waals surface area contributed by atoms with Crippen LogP contribution in [0.5, 0.6) is 11.5 Å². The van der Waals surface area contributed by atoms with Gasteiger partial charge in [0.05, 0.1) is 18.2 Å². The first kappa shape index (κ1) is 25.2. The number of aromatic hydroxyl groups is 2. The number of benzene rings is 4. The van der Waals surface area contributed by atoms with Gasteiger partial charge < -0.3 is 20.6 Å². The zero-order valence-corrected chi connectivity index (χ0v) is 20.3. The molecule has 0 aliphatic carbocycles. The predicted octanol–water partition coefficient (Wildman–Crippen LogP) is 6.20. The molecule has 3 atom stereocenters. The third kappa shape index (κ3) is 5.17. The molecule has 1 aliphatic heterocycles. The second-order valence-electron chi connectivity index (χ2n) is 9.32. The van der Waals surface area contributed by atoms with Gasteiger partial charge in [-0.05, 0) is 84.1 Å². The molecule has 38 heavy (non-hydrogen) atoms. The summed E-state index contributed by atoms with van der Waals surface area (Å²) in [6.45, 7) is 0. The maximum atomic E-state index is 13.6. The van der Waals surface area contributed by atoms with Crippen molar-refractivity contribution in [1.29, 1.82) is 0 Å². The van der Waals surface area contributed by atoms with Gasteiger partial charge in [0.15, 0.2) is 0 Å². The van der Waals surface area contributed by atoms with Crippen LogP contribution in [0.1, 0.15) is 36.1 Å². The van der Waals surface area contributed by atoms with Crippen molar-refractivity contribution in [3.63, 3.8) is 0 Å². The van der Waals surface area contributed by atoms with Crippen molar-refractivity contribution < 1.29 is 28.9 Å². The van der Waals surface area contributed by atoms with Gasteiger partial charge in [0.25, 0.3) is 0 Å². The summed E-state index contributed by atoms with van der Waals surface area (Å²) in [7, 11) is 0. The van der Waals surface area contributed by atoms with Gasteiger partial charge in [-0.2, -0.15) is 0 Å². The molecule has 0 aromatic heterocycles. The van der Waals surface area contributed by atoms with E-state index in [9.17, 15) is 28.9 Å². The van der Waals surface area contributed by atoms with Crippen molar-refractivity contribution in [2.24, 2.45) is 0 Å². The Bertz CT molecular complexity index is 1440. The quantitative estimate of drug-likeness (QED) is 0.235. The molecule has 4 N–H and O–H groups in total. The summed E-state index contributed by atoms with van der Waals surface area (Å²) in [4.78, 5) is 14.6. The van der Waals surface area contributed by atoms with Gasteiger partial charge >= 0.3 is 6.03 Å². The standard InChI is InChI=1S/C30H26F2N2O4/c31-21-7-4-18(5-8-21)27(36)15-14-26-29(34(30(38)33-26)23-11-9-22(32)10-12-23)25-13-6-20(17-28(25)37)19-2-1-3-24(35)16-19/h1-13,16-17,26-27,29,35-37H,14-15H2,(H,33,38)/t26-,27-,29+/m0/s1. The lowest BCUT2D eigenvalue weighted by Crippen LogP contribution is -2.29. The van der Waals surface area contributed by atoms with E-state index in [0.29, 0.717) is 34.4 Å². The van der Waals surface area contributed by atoms with E-state index in [0.717, 1.165) is 0 Å². The highest BCUT2D eigenvalue weighted by atomic mass is 19.1. The number of carbonyl (C=O) groups is 1. The molecule has 1 fully saturated rings. The first-order valence-electron chi connectivity index (χ1n) is 12.2. The number of amides is 2. The Morgan fingerprint density at radius 2 is 1.50 bits per heavy atom. The maximum Gasteiger partial charge on any atom is 0.322 e. The average Bonchev–Trinajstić information content (AvgIpc) is 3.23. The van der Waals surface area contributed by atoms with Crippen molar-refractivity contribution in [2.75, 3.05) is 4.90 Å². The summed E-state index contributed by atoms with van der Waals surface area (Å²) in [6, 6.07) is 21.3. The summed E-state index contributed by atoms with van der Waals surface area (Å²) < 4.78 is 26.9. The molecule has 5 rings (SSSR count). The number of hydrogen-bond acceptors (Lipinski definition) is 4. The molecule has 8 heteroatoms. The minimum Gasteiger partial charge on any atom is -0.508 e. The highest BCUT2D eigenvalue weighted by molar-refractivity contribution is 5.96. The zero-order chi connectivity index (χ0) is 26.8. The fourth-order valence-corrected chi connectivity index (χ4v) is 4.93. The number of halogens is 2. The summed E-state index contributed by atoms with van der Waals surface area (Å²) in [5.74, 6) is -0.798. The maximum absolute atomic E-state index is 13.6. The number of aliphatic hydroxyl groups is 1. The largest absolute Gasteiger partial charge is 0.508 e. The SMILES string of the molecule is O=C1N[C@@H](CC[C@H](O)c2ccc(F)cc2)[C@@H](c2ccc(-c3cccc(O)c3)cc2O)N1c1ccc(F)cc1. The number of nitrogens with zero attached hydrogens (tertiary/aromatic N) is 1. The van der Waals surface area contributed by atoms with Crippen LogP contribution < -0.4 is 10.2 Å². The van der Waals surface area contributed by atoms with E-state index in [1.165, 1.54) is 53.4 Å². The molecular formula is C30H26F2N2O4. The molecule has 6 nitrogen and oxygen atoms in total. The van der Waals surface area contributed by atoms with Crippen molar-refractivity contribution in [3.8, 4) is 22.6 Å². The molecule has 2 amide bonds. The van der Waals surface area contributed by atoms with Gasteiger partial charge in [-0.1, -0.05) is 36.4 Å². The van der Waals surface area contributed by atoms with Crippen LogP contribution in [-0.2, 0) is 0 Å². The molecular weight excluding hydrogens is 490 g/mol. The Labute approximate surface area is 218 Å². The van der Waals surface area contributed by atoms with E-state index in [-0.39, 0.29) is 17.9 Å². The van der Waals surface area contributed by atoms with Crippen LogP contribution >= 0.6 is 0 Å². The highest BCUT2D eigenvalue weighted by Gasteiger charge is 2.42. The molecule has 0 unspecified atom stereocenters. The fourth-order valence-electron chi connectivity index (χ4n) is 4.93. The first-order chi connectivity index (χ1) is 18.3. The fraction of sp³-hybridized carbons (Fsp3) is 0.167. The van der Waals surface area contributed by atoms with E-state index in [2.05, 4.69) is 5.32 Å². The van der Waals surface area contributed by atoms with Gasteiger partial charge in [0.1, 0.15) is 23.1 Å². The first-order valence-corrected chi connectivity index (χ1v) is 12.2. The number of aliphatic hydroxyl groups excluding tert-OH is 1. The third-order valence-electron chi connectivity index (χ3n) is 6.83. The van der Waals surface area contributed by atoms with Crippen LogP contribution in [0.3, 0.4) is 0 Å². The number of urea groups is 1. The van der Waals surface area contributed by atoms with E-state index in [4.69, 9.17) is 0 Å². The smallest absolute Gasteiger partial charge is 0.322 e. The minimum atomic E-state index is -0.880. The van der Waals surface area contributed by atoms with Crippen LogP contribution in [0.2, 0.25) is 0 Å². The van der Waals surface area contributed by atoms with Crippen molar-refractivity contribution in [1.82, 2.24) is 5.32 Å². The Kier molecular flexibility index (Phi) is 6.98. The lowest BCUT2D eigenvalue weighted by atomic mass is 9.91. The van der Waals surface area contributed by atoms with Crippen molar-refractivity contribution in [3.05, 3.63) is 114 Å². The van der Waals surface area contributed by atoms with Crippen LogP contribution in [0.4, 0.5) is 19.3 Å². The molecule has 1 saturated heterocycles. The molecule has 1 heterocycles.